The summed E-state index contributed by atoms with van der Waals surface area (Å²) in [7, 11) is 0. The third kappa shape index (κ3) is 3.90. The lowest BCUT2D eigenvalue weighted by Gasteiger charge is -2.35. The van der Waals surface area contributed by atoms with Crippen molar-refractivity contribution in [2.45, 2.75) is 20.0 Å². The number of ether oxygens (including phenoxy) is 2. The average molecular weight is 356 g/mol. The summed E-state index contributed by atoms with van der Waals surface area (Å²) in [5, 5.41) is 2.06. The van der Waals surface area contributed by atoms with Crippen LogP contribution < -0.4 is 4.74 Å². The first kappa shape index (κ1) is 18.0. The lowest BCUT2D eigenvalue weighted by molar-refractivity contribution is -0.139. The minimum Gasteiger partial charge on any atom is -0.480 e. The van der Waals surface area contributed by atoms with Crippen LogP contribution in [-0.4, -0.2) is 60.7 Å². The second kappa shape index (κ2) is 8.08. The Balaban J connectivity index is 1.61. The van der Waals surface area contributed by atoms with Crippen LogP contribution in [0.25, 0.3) is 10.8 Å². The van der Waals surface area contributed by atoms with Crippen LogP contribution in [0.3, 0.4) is 0 Å². The number of carbonyl (C=O) groups excluding carboxylic acids is 2. The van der Waals surface area contributed by atoms with Crippen LogP contribution in [0.1, 0.15) is 13.8 Å². The fraction of sp³-hybridized carbons (Fsp3) is 0.400. The summed E-state index contributed by atoms with van der Waals surface area (Å²) in [6.45, 7) is 5.83. The van der Waals surface area contributed by atoms with Gasteiger partial charge in [0, 0.05) is 31.6 Å². The summed E-state index contributed by atoms with van der Waals surface area (Å²) in [6.07, 6.45) is -0.908. The van der Waals surface area contributed by atoms with Gasteiger partial charge in [0.15, 0.2) is 6.10 Å². The number of hydrogen-bond donors (Lipinski definition) is 0. The lowest BCUT2D eigenvalue weighted by Crippen LogP contribution is -2.53. The Kier molecular flexibility index (Phi) is 5.61. The molecule has 0 bridgehead atoms. The largest absolute Gasteiger partial charge is 0.480 e. The Morgan fingerprint density at radius 1 is 1.00 bits per heavy atom. The zero-order valence-corrected chi connectivity index (χ0v) is 15.2. The van der Waals surface area contributed by atoms with Crippen LogP contribution >= 0.6 is 0 Å². The molecule has 1 atom stereocenters. The van der Waals surface area contributed by atoms with Gasteiger partial charge in [-0.1, -0.05) is 36.4 Å². The van der Waals surface area contributed by atoms with E-state index in [0.717, 1.165) is 10.8 Å². The van der Waals surface area contributed by atoms with Crippen LogP contribution in [0.15, 0.2) is 42.5 Å². The van der Waals surface area contributed by atoms with E-state index in [1.807, 2.05) is 42.5 Å². The summed E-state index contributed by atoms with van der Waals surface area (Å²) in [5.41, 5.74) is 0. The van der Waals surface area contributed by atoms with Crippen LogP contribution in [-0.2, 0) is 9.53 Å². The van der Waals surface area contributed by atoms with E-state index in [1.165, 1.54) is 0 Å². The van der Waals surface area contributed by atoms with E-state index in [4.69, 9.17) is 9.47 Å². The molecule has 0 aromatic heterocycles. The van der Waals surface area contributed by atoms with Gasteiger partial charge in [-0.2, -0.15) is 0 Å². The zero-order valence-electron chi connectivity index (χ0n) is 15.2. The van der Waals surface area contributed by atoms with Crippen molar-refractivity contribution >= 4 is 22.8 Å². The van der Waals surface area contributed by atoms with Gasteiger partial charge >= 0.3 is 6.09 Å². The van der Waals surface area contributed by atoms with Gasteiger partial charge in [0.05, 0.1) is 6.61 Å². The van der Waals surface area contributed by atoms with Crippen LogP contribution in [0.4, 0.5) is 4.79 Å². The van der Waals surface area contributed by atoms with E-state index < -0.39 is 6.10 Å². The first-order chi connectivity index (χ1) is 12.6. The molecule has 26 heavy (non-hydrogen) atoms. The topological polar surface area (TPSA) is 59.1 Å². The van der Waals surface area contributed by atoms with Crippen molar-refractivity contribution in [1.82, 2.24) is 9.80 Å². The van der Waals surface area contributed by atoms with E-state index >= 15 is 0 Å². The number of fused-ring (bicyclic) bond motifs is 1. The van der Waals surface area contributed by atoms with Gasteiger partial charge in [-0.05, 0) is 25.3 Å². The molecule has 0 spiro atoms. The van der Waals surface area contributed by atoms with Gasteiger partial charge in [0.2, 0.25) is 0 Å². The number of rotatable bonds is 4. The zero-order chi connectivity index (χ0) is 18.5. The Morgan fingerprint density at radius 3 is 2.38 bits per heavy atom. The maximum atomic E-state index is 12.7. The smallest absolute Gasteiger partial charge is 0.409 e. The van der Waals surface area contributed by atoms with Crippen LogP contribution in [0.2, 0.25) is 0 Å². The van der Waals surface area contributed by atoms with Crippen molar-refractivity contribution in [3.05, 3.63) is 42.5 Å². The highest BCUT2D eigenvalue weighted by molar-refractivity contribution is 5.89. The standard InChI is InChI=1S/C20H24N2O4/c1-3-25-20(24)22-13-11-21(12-14-22)19(23)15(2)26-18-10-6-8-16-7-4-5-9-17(16)18/h4-10,15H,3,11-14H2,1-2H3. The third-order valence-electron chi connectivity index (χ3n) is 4.52. The third-order valence-corrected chi connectivity index (χ3v) is 4.52. The predicted octanol–water partition coefficient (Wildman–Crippen LogP) is 2.91. The van der Waals surface area contributed by atoms with Crippen molar-refractivity contribution in [2.24, 2.45) is 0 Å². The van der Waals surface area contributed by atoms with E-state index in [0.29, 0.717) is 38.5 Å². The van der Waals surface area contributed by atoms with Crippen LogP contribution in [0.5, 0.6) is 5.75 Å². The monoisotopic (exact) mass is 356 g/mol. The molecule has 1 aliphatic rings. The summed E-state index contributed by atoms with van der Waals surface area (Å²) >= 11 is 0. The number of hydrogen-bond acceptors (Lipinski definition) is 4. The normalized spacial score (nSPS) is 15.6. The highest BCUT2D eigenvalue weighted by Crippen LogP contribution is 2.26. The molecule has 0 radical (unpaired) electrons. The summed E-state index contributed by atoms with van der Waals surface area (Å²) in [4.78, 5) is 27.8. The summed E-state index contributed by atoms with van der Waals surface area (Å²) in [5.74, 6) is 0.635. The molecule has 0 saturated carbocycles. The molecule has 6 heteroatoms. The first-order valence-electron chi connectivity index (χ1n) is 8.95. The number of amides is 2. The lowest BCUT2D eigenvalue weighted by atomic mass is 10.1. The minimum atomic E-state index is -0.588. The molecule has 1 saturated heterocycles. The van der Waals surface area contributed by atoms with Gasteiger partial charge in [-0.15, -0.1) is 0 Å². The minimum absolute atomic E-state index is 0.0681. The number of piperazine rings is 1. The maximum absolute atomic E-state index is 12.7. The molecule has 0 N–H and O–H groups in total. The van der Waals surface area contributed by atoms with E-state index in [-0.39, 0.29) is 12.0 Å². The Bertz CT molecular complexity index is 779. The van der Waals surface area contributed by atoms with Crippen molar-refractivity contribution < 1.29 is 19.1 Å². The molecule has 3 rings (SSSR count). The second-order valence-corrected chi connectivity index (χ2v) is 6.25. The average Bonchev–Trinajstić information content (AvgIpc) is 2.68. The molecular formula is C20H24N2O4. The second-order valence-electron chi connectivity index (χ2n) is 6.25. The van der Waals surface area contributed by atoms with Crippen molar-refractivity contribution in [3.8, 4) is 5.75 Å². The van der Waals surface area contributed by atoms with Gasteiger partial charge in [-0.3, -0.25) is 4.79 Å². The van der Waals surface area contributed by atoms with E-state index in [9.17, 15) is 9.59 Å². The molecule has 1 unspecified atom stereocenters. The molecule has 0 aliphatic carbocycles. The van der Waals surface area contributed by atoms with Crippen LogP contribution in [0, 0.1) is 0 Å². The van der Waals surface area contributed by atoms with E-state index in [2.05, 4.69) is 0 Å². The fourth-order valence-electron chi connectivity index (χ4n) is 3.12. The van der Waals surface area contributed by atoms with Gasteiger partial charge in [0.1, 0.15) is 5.75 Å². The Hall–Kier alpha value is -2.76. The molecule has 138 valence electrons. The summed E-state index contributed by atoms with van der Waals surface area (Å²) in [6, 6.07) is 13.8. The van der Waals surface area contributed by atoms with Gasteiger partial charge < -0.3 is 19.3 Å². The maximum Gasteiger partial charge on any atom is 0.409 e. The summed E-state index contributed by atoms with van der Waals surface area (Å²) < 4.78 is 11.0. The first-order valence-corrected chi connectivity index (χ1v) is 8.95. The fourth-order valence-corrected chi connectivity index (χ4v) is 3.12. The highest BCUT2D eigenvalue weighted by Gasteiger charge is 2.28. The molecule has 1 fully saturated rings. The van der Waals surface area contributed by atoms with Crippen molar-refractivity contribution in [3.63, 3.8) is 0 Å². The SMILES string of the molecule is CCOC(=O)N1CCN(C(=O)C(C)Oc2cccc3ccccc23)CC1. The molecular weight excluding hydrogens is 332 g/mol. The molecule has 1 heterocycles. The van der Waals surface area contributed by atoms with Crippen molar-refractivity contribution in [1.29, 1.82) is 0 Å². The predicted molar refractivity (Wildman–Crippen MR) is 99.2 cm³/mol. The highest BCUT2D eigenvalue weighted by atomic mass is 16.6. The molecule has 2 aromatic rings. The number of benzene rings is 2. The van der Waals surface area contributed by atoms with E-state index in [1.54, 1.807) is 23.6 Å². The molecule has 2 amide bonds. The van der Waals surface area contributed by atoms with Gasteiger partial charge in [0.25, 0.3) is 5.91 Å². The molecule has 6 nitrogen and oxygen atoms in total. The molecule has 1 aliphatic heterocycles. The Morgan fingerprint density at radius 2 is 1.65 bits per heavy atom. The van der Waals surface area contributed by atoms with Gasteiger partial charge in [-0.25, -0.2) is 4.79 Å². The molecule has 2 aromatic carbocycles. The number of nitrogens with zero attached hydrogens (tertiary/aromatic N) is 2. The quantitative estimate of drug-likeness (QED) is 0.845. The van der Waals surface area contributed by atoms with Crippen molar-refractivity contribution in [2.75, 3.05) is 32.8 Å². The number of carbonyl (C=O) groups is 2. The Labute approximate surface area is 153 Å².